The van der Waals surface area contributed by atoms with Crippen LogP contribution in [-0.2, 0) is 12.0 Å². The van der Waals surface area contributed by atoms with Gasteiger partial charge in [-0.25, -0.2) is 0 Å². The molecule has 0 saturated heterocycles. The van der Waals surface area contributed by atoms with E-state index in [1.807, 2.05) is 26.8 Å². The molecule has 134 valence electrons. The van der Waals surface area contributed by atoms with Gasteiger partial charge in [0.25, 0.3) is 5.56 Å². The van der Waals surface area contributed by atoms with Gasteiger partial charge in [0.15, 0.2) is 6.29 Å². The first-order valence-electron chi connectivity index (χ1n) is 8.18. The van der Waals surface area contributed by atoms with Gasteiger partial charge in [0.05, 0.1) is 23.9 Å². The minimum absolute atomic E-state index is 0.169. The Labute approximate surface area is 155 Å². The van der Waals surface area contributed by atoms with E-state index in [2.05, 4.69) is 5.10 Å². The molecule has 1 N–H and O–H groups in total. The van der Waals surface area contributed by atoms with E-state index < -0.39 is 5.56 Å². The minimum Gasteiger partial charge on any atom is -0.392 e. The monoisotopic (exact) mass is 370 g/mol. The molecule has 5 nitrogen and oxygen atoms in total. The van der Waals surface area contributed by atoms with Crippen molar-refractivity contribution in [3.05, 3.63) is 68.6 Å². The molecule has 0 amide bonds. The fourth-order valence-corrected chi connectivity index (χ4v) is 3.14. The molecule has 26 heavy (non-hydrogen) atoms. The van der Waals surface area contributed by atoms with Crippen LogP contribution in [0.2, 0.25) is 5.02 Å². The predicted octanol–water partition coefficient (Wildman–Crippen LogP) is 3.64. The molecule has 0 aliphatic rings. The molecule has 0 spiro atoms. The first-order valence-corrected chi connectivity index (χ1v) is 8.56. The normalized spacial score (nSPS) is 11.7. The smallest absolute Gasteiger partial charge is 0.280 e. The number of hydrogen-bond donors (Lipinski definition) is 1. The number of aromatic nitrogens is 2. The van der Waals surface area contributed by atoms with E-state index in [0.717, 1.165) is 5.56 Å². The number of carbonyl (C=O) groups excluding carboxylic acids is 1. The van der Waals surface area contributed by atoms with Crippen LogP contribution in [0.25, 0.3) is 16.5 Å². The van der Waals surface area contributed by atoms with E-state index >= 15 is 0 Å². The third-order valence-corrected chi connectivity index (χ3v) is 4.75. The second-order valence-electron chi connectivity index (χ2n) is 7.15. The number of hydrogen-bond acceptors (Lipinski definition) is 4. The number of nitrogens with zero attached hydrogens (tertiary/aromatic N) is 2. The van der Waals surface area contributed by atoms with E-state index in [1.165, 1.54) is 4.68 Å². The third-order valence-electron chi connectivity index (χ3n) is 4.39. The van der Waals surface area contributed by atoms with Crippen molar-refractivity contribution < 1.29 is 9.90 Å². The lowest BCUT2D eigenvalue weighted by atomic mass is 9.85. The molecule has 1 aromatic heterocycles. The number of carbonyl (C=O) groups is 1. The lowest BCUT2D eigenvalue weighted by molar-refractivity contribution is 0.112. The number of fused-ring (bicyclic) bond motifs is 1. The standard InChI is InChI=1S/C20H19ClN2O3/c1-20(2,3)14-7-12-9-22-23(19(26)18(12)13(8-14)10-24)17-6-4-5-16(21)15(17)11-25/h4-10,25H,11H2,1-3H3. The Bertz CT molecular complexity index is 1070. The molecule has 2 aromatic carbocycles. The van der Waals surface area contributed by atoms with Gasteiger partial charge in [-0.2, -0.15) is 9.78 Å². The van der Waals surface area contributed by atoms with Gasteiger partial charge in [0, 0.05) is 21.5 Å². The van der Waals surface area contributed by atoms with Gasteiger partial charge in [-0.3, -0.25) is 9.59 Å². The molecule has 0 radical (unpaired) electrons. The zero-order chi connectivity index (χ0) is 19.1. The lowest BCUT2D eigenvalue weighted by Gasteiger charge is -2.20. The average molecular weight is 371 g/mol. The molecule has 0 bridgehead atoms. The van der Waals surface area contributed by atoms with Crippen molar-refractivity contribution in [2.75, 3.05) is 0 Å². The molecular weight excluding hydrogens is 352 g/mol. The molecule has 0 fully saturated rings. The molecule has 3 aromatic rings. The van der Waals surface area contributed by atoms with E-state index in [4.69, 9.17) is 11.6 Å². The third kappa shape index (κ3) is 3.04. The number of rotatable bonds is 3. The summed E-state index contributed by atoms with van der Waals surface area (Å²) in [6.07, 6.45) is 2.25. The van der Waals surface area contributed by atoms with Crippen molar-refractivity contribution in [2.24, 2.45) is 0 Å². The van der Waals surface area contributed by atoms with Gasteiger partial charge < -0.3 is 5.11 Å². The van der Waals surface area contributed by atoms with Gasteiger partial charge >= 0.3 is 0 Å². The number of aldehydes is 1. The molecule has 0 saturated carbocycles. The van der Waals surface area contributed by atoms with Crippen LogP contribution in [0.4, 0.5) is 0 Å². The summed E-state index contributed by atoms with van der Waals surface area (Å²) in [4.78, 5) is 24.7. The summed E-state index contributed by atoms with van der Waals surface area (Å²) >= 11 is 6.12. The summed E-state index contributed by atoms with van der Waals surface area (Å²) in [7, 11) is 0. The quantitative estimate of drug-likeness (QED) is 0.714. The van der Waals surface area contributed by atoms with Gasteiger partial charge in [0.1, 0.15) is 0 Å². The maximum Gasteiger partial charge on any atom is 0.280 e. The van der Waals surface area contributed by atoms with Crippen LogP contribution in [0, 0.1) is 0 Å². The molecular formula is C20H19ClN2O3. The van der Waals surface area contributed by atoms with Crippen molar-refractivity contribution >= 4 is 28.7 Å². The van der Waals surface area contributed by atoms with E-state index in [-0.39, 0.29) is 12.0 Å². The number of benzene rings is 2. The predicted molar refractivity (Wildman–Crippen MR) is 102 cm³/mol. The topological polar surface area (TPSA) is 72.2 Å². The van der Waals surface area contributed by atoms with E-state index in [0.29, 0.717) is 38.9 Å². The summed E-state index contributed by atoms with van der Waals surface area (Å²) in [6, 6.07) is 8.59. The molecule has 6 heteroatoms. The van der Waals surface area contributed by atoms with Gasteiger partial charge in [-0.05, 0) is 35.2 Å². The van der Waals surface area contributed by atoms with Gasteiger partial charge in [0.2, 0.25) is 0 Å². The zero-order valence-corrected chi connectivity index (χ0v) is 15.5. The second-order valence-corrected chi connectivity index (χ2v) is 7.56. The van der Waals surface area contributed by atoms with Crippen LogP contribution in [0.5, 0.6) is 0 Å². The Kier molecular flexibility index (Phi) is 4.69. The van der Waals surface area contributed by atoms with Crippen molar-refractivity contribution in [3.63, 3.8) is 0 Å². The summed E-state index contributed by atoms with van der Waals surface area (Å²) in [5, 5.41) is 15.1. The van der Waals surface area contributed by atoms with Crippen LogP contribution in [-0.4, -0.2) is 21.2 Å². The van der Waals surface area contributed by atoms with Crippen molar-refractivity contribution in [1.82, 2.24) is 9.78 Å². The maximum absolute atomic E-state index is 13.1. The fraction of sp³-hybridized carbons (Fsp3) is 0.250. The van der Waals surface area contributed by atoms with E-state index in [9.17, 15) is 14.7 Å². The highest BCUT2D eigenvalue weighted by molar-refractivity contribution is 6.31. The van der Waals surface area contributed by atoms with Gasteiger partial charge in [-0.1, -0.05) is 38.4 Å². The second kappa shape index (κ2) is 6.67. The first kappa shape index (κ1) is 18.3. The summed E-state index contributed by atoms with van der Waals surface area (Å²) in [5.74, 6) is 0. The van der Waals surface area contributed by atoms with Crippen LogP contribution < -0.4 is 5.56 Å². The molecule has 0 unspecified atom stereocenters. The van der Waals surface area contributed by atoms with Crippen molar-refractivity contribution in [1.29, 1.82) is 0 Å². The largest absolute Gasteiger partial charge is 0.392 e. The van der Waals surface area contributed by atoms with Crippen LogP contribution in [0.1, 0.15) is 42.3 Å². The van der Waals surface area contributed by atoms with E-state index in [1.54, 1.807) is 30.5 Å². The Morgan fingerprint density at radius 1 is 1.27 bits per heavy atom. The van der Waals surface area contributed by atoms with Crippen LogP contribution >= 0.6 is 11.6 Å². The fourth-order valence-electron chi connectivity index (χ4n) is 2.91. The Morgan fingerprint density at radius 2 is 2.00 bits per heavy atom. The van der Waals surface area contributed by atoms with Crippen LogP contribution in [0.15, 0.2) is 41.3 Å². The highest BCUT2D eigenvalue weighted by Gasteiger charge is 2.19. The minimum atomic E-state index is -0.429. The molecule has 0 aliphatic heterocycles. The summed E-state index contributed by atoms with van der Waals surface area (Å²) in [6.45, 7) is 5.79. The first-order chi connectivity index (χ1) is 12.3. The Morgan fingerprint density at radius 3 is 2.62 bits per heavy atom. The molecule has 3 rings (SSSR count). The summed E-state index contributed by atoms with van der Waals surface area (Å²) in [5.41, 5.74) is 1.47. The Hall–Kier alpha value is -2.50. The Balaban J connectivity index is 2.36. The molecule has 1 heterocycles. The molecule has 0 atom stereocenters. The maximum atomic E-state index is 13.1. The number of aliphatic hydroxyl groups is 1. The average Bonchev–Trinajstić information content (AvgIpc) is 2.60. The number of halogens is 1. The van der Waals surface area contributed by atoms with Gasteiger partial charge in [-0.15, -0.1) is 0 Å². The lowest BCUT2D eigenvalue weighted by Crippen LogP contribution is -2.24. The highest BCUT2D eigenvalue weighted by Crippen LogP contribution is 2.28. The SMILES string of the molecule is CC(C)(C)c1cc(C=O)c2c(=O)n(-c3cccc(Cl)c3CO)ncc2c1. The molecule has 0 aliphatic carbocycles. The van der Waals surface area contributed by atoms with Crippen LogP contribution in [0.3, 0.4) is 0 Å². The number of aliphatic hydroxyl groups excluding tert-OH is 1. The highest BCUT2D eigenvalue weighted by atomic mass is 35.5. The summed E-state index contributed by atoms with van der Waals surface area (Å²) < 4.78 is 1.17. The van der Waals surface area contributed by atoms with Crippen molar-refractivity contribution in [3.8, 4) is 5.69 Å². The van der Waals surface area contributed by atoms with Crippen molar-refractivity contribution in [2.45, 2.75) is 32.8 Å². The zero-order valence-electron chi connectivity index (χ0n) is 14.8.